The van der Waals surface area contributed by atoms with Gasteiger partial charge < -0.3 is 14.8 Å². The quantitative estimate of drug-likeness (QED) is 0.499. The third kappa shape index (κ3) is 1.76. The van der Waals surface area contributed by atoms with Crippen molar-refractivity contribution in [1.29, 1.82) is 0 Å². The summed E-state index contributed by atoms with van der Waals surface area (Å²) < 4.78 is 17.8. The fourth-order valence-corrected chi connectivity index (χ4v) is 1.15. The normalized spacial score (nSPS) is 9.71. The molecule has 1 rings (SSSR count). The van der Waals surface area contributed by atoms with Gasteiger partial charge in [0, 0.05) is 5.46 Å². The molecule has 0 bridgehead atoms. The van der Waals surface area contributed by atoms with Gasteiger partial charge in [0.2, 0.25) is 0 Å². The van der Waals surface area contributed by atoms with Crippen LogP contribution in [0, 0.1) is 5.82 Å². The fraction of sp³-hybridized carbons (Fsp3) is 0.125. The zero-order valence-corrected chi connectivity index (χ0v) is 7.40. The monoisotopic (exact) mass is 198 g/mol. The van der Waals surface area contributed by atoms with Gasteiger partial charge in [-0.2, -0.15) is 0 Å². The number of carbonyl (C=O) groups excluding carboxylic acids is 1. The number of benzene rings is 1. The summed E-state index contributed by atoms with van der Waals surface area (Å²) in [5.41, 5.74) is -0.665. The van der Waals surface area contributed by atoms with Gasteiger partial charge >= 0.3 is 7.12 Å². The van der Waals surface area contributed by atoms with Crippen molar-refractivity contribution in [3.63, 3.8) is 0 Å². The summed E-state index contributed by atoms with van der Waals surface area (Å²) in [4.78, 5) is 10.5. The second kappa shape index (κ2) is 4.21. The number of hydrogen-bond acceptors (Lipinski definition) is 4. The number of methoxy groups -OCH3 is 1. The van der Waals surface area contributed by atoms with Gasteiger partial charge in [0.1, 0.15) is 11.6 Å². The molecule has 1 aromatic carbocycles. The van der Waals surface area contributed by atoms with Gasteiger partial charge in [-0.1, -0.05) is 0 Å². The highest BCUT2D eigenvalue weighted by molar-refractivity contribution is 6.61. The van der Waals surface area contributed by atoms with Crippen LogP contribution in [0.3, 0.4) is 0 Å². The van der Waals surface area contributed by atoms with Crippen molar-refractivity contribution in [3.05, 3.63) is 23.5 Å². The van der Waals surface area contributed by atoms with E-state index in [4.69, 9.17) is 14.8 Å². The highest BCUT2D eigenvalue weighted by Gasteiger charge is 2.23. The summed E-state index contributed by atoms with van der Waals surface area (Å²) in [5, 5.41) is 17.8. The number of aldehydes is 1. The summed E-state index contributed by atoms with van der Waals surface area (Å²) in [7, 11) is -0.658. The average molecular weight is 198 g/mol. The first-order valence-electron chi connectivity index (χ1n) is 3.79. The maximum absolute atomic E-state index is 13.0. The maximum Gasteiger partial charge on any atom is 0.493 e. The topological polar surface area (TPSA) is 66.8 Å². The fourth-order valence-electron chi connectivity index (χ4n) is 1.15. The molecule has 0 radical (unpaired) electrons. The molecule has 0 aromatic heterocycles. The predicted molar refractivity (Wildman–Crippen MR) is 48.2 cm³/mol. The molecule has 2 N–H and O–H groups in total. The molecule has 74 valence electrons. The van der Waals surface area contributed by atoms with Gasteiger partial charge in [0.05, 0.1) is 12.7 Å². The second-order valence-electron chi connectivity index (χ2n) is 2.57. The number of rotatable bonds is 3. The van der Waals surface area contributed by atoms with Crippen molar-refractivity contribution in [1.82, 2.24) is 0 Å². The second-order valence-corrected chi connectivity index (χ2v) is 2.57. The Morgan fingerprint density at radius 1 is 1.50 bits per heavy atom. The molecule has 0 atom stereocenters. The van der Waals surface area contributed by atoms with E-state index in [1.807, 2.05) is 0 Å². The van der Waals surface area contributed by atoms with Crippen molar-refractivity contribution in [2.75, 3.05) is 7.11 Å². The molecular weight excluding hydrogens is 190 g/mol. The van der Waals surface area contributed by atoms with Gasteiger partial charge in [-0.25, -0.2) is 4.39 Å². The summed E-state index contributed by atoms with van der Waals surface area (Å²) in [5.74, 6) is -0.757. The van der Waals surface area contributed by atoms with E-state index in [9.17, 15) is 9.18 Å². The van der Waals surface area contributed by atoms with Crippen molar-refractivity contribution in [3.8, 4) is 5.75 Å². The predicted octanol–water partition coefficient (Wildman–Crippen LogP) is -0.673. The zero-order chi connectivity index (χ0) is 10.7. The lowest BCUT2D eigenvalue weighted by Gasteiger charge is -2.10. The van der Waals surface area contributed by atoms with E-state index >= 15 is 0 Å². The van der Waals surface area contributed by atoms with Crippen LogP contribution in [0.1, 0.15) is 10.4 Å². The lowest BCUT2D eigenvalue weighted by atomic mass is 9.76. The molecule has 0 aliphatic carbocycles. The molecule has 0 fully saturated rings. The highest BCUT2D eigenvalue weighted by Crippen LogP contribution is 2.13. The molecule has 0 saturated heterocycles. The van der Waals surface area contributed by atoms with Gasteiger partial charge in [0.15, 0.2) is 6.29 Å². The van der Waals surface area contributed by atoms with Crippen LogP contribution in [0.5, 0.6) is 5.75 Å². The maximum atomic E-state index is 13.0. The van der Waals surface area contributed by atoms with Gasteiger partial charge in [-0.15, -0.1) is 0 Å². The highest BCUT2D eigenvalue weighted by atomic mass is 19.1. The van der Waals surface area contributed by atoms with E-state index in [0.717, 1.165) is 6.07 Å². The van der Waals surface area contributed by atoms with Crippen LogP contribution in [0.15, 0.2) is 12.1 Å². The Kier molecular flexibility index (Phi) is 3.21. The molecule has 0 unspecified atom stereocenters. The molecule has 1 aromatic rings. The Bertz CT molecular complexity index is 353. The van der Waals surface area contributed by atoms with Gasteiger partial charge in [-0.05, 0) is 12.1 Å². The van der Waals surface area contributed by atoms with Gasteiger partial charge in [-0.3, -0.25) is 4.79 Å². The van der Waals surface area contributed by atoms with E-state index in [-0.39, 0.29) is 17.5 Å². The first-order chi connectivity index (χ1) is 6.61. The van der Waals surface area contributed by atoms with Crippen molar-refractivity contribution in [2.45, 2.75) is 0 Å². The largest absolute Gasteiger partial charge is 0.497 e. The Labute approximate surface area is 80.1 Å². The summed E-state index contributed by atoms with van der Waals surface area (Å²) in [6.07, 6.45) is 0.215. The number of hydrogen-bond donors (Lipinski definition) is 2. The summed E-state index contributed by atoms with van der Waals surface area (Å²) in [6, 6.07) is 2.24. The lowest BCUT2D eigenvalue weighted by molar-refractivity contribution is 0.112. The molecule has 0 aliphatic heterocycles. The van der Waals surface area contributed by atoms with Gasteiger partial charge in [0.25, 0.3) is 0 Å². The average Bonchev–Trinajstić information content (AvgIpc) is 2.17. The van der Waals surface area contributed by atoms with Crippen LogP contribution in [0.4, 0.5) is 4.39 Å². The van der Waals surface area contributed by atoms with E-state index in [1.54, 1.807) is 0 Å². The number of halogens is 1. The molecule has 14 heavy (non-hydrogen) atoms. The number of ether oxygens (including phenoxy) is 1. The molecule has 0 spiro atoms. The first kappa shape index (κ1) is 10.7. The van der Waals surface area contributed by atoms with E-state index < -0.39 is 18.5 Å². The smallest absolute Gasteiger partial charge is 0.493 e. The minimum absolute atomic E-state index is 0.0588. The van der Waals surface area contributed by atoms with E-state index in [1.165, 1.54) is 13.2 Å². The van der Waals surface area contributed by atoms with Crippen LogP contribution in [0.25, 0.3) is 0 Å². The minimum Gasteiger partial charge on any atom is -0.497 e. The standard InChI is InChI=1S/C8H8BFO4/c1-14-7-3-2-6(10)5(4-11)8(7)9(12)13/h2-4,12-13H,1H3. The van der Waals surface area contributed by atoms with E-state index in [2.05, 4.69) is 0 Å². The summed E-state index contributed by atoms with van der Waals surface area (Å²) >= 11 is 0. The molecule has 4 nitrogen and oxygen atoms in total. The Morgan fingerprint density at radius 2 is 2.14 bits per heavy atom. The van der Waals surface area contributed by atoms with Crippen LogP contribution < -0.4 is 10.2 Å². The number of carbonyl (C=O) groups is 1. The Hall–Kier alpha value is -1.40. The van der Waals surface area contributed by atoms with Crippen LogP contribution in [0.2, 0.25) is 0 Å². The van der Waals surface area contributed by atoms with Crippen LogP contribution in [-0.2, 0) is 0 Å². The van der Waals surface area contributed by atoms with Crippen molar-refractivity contribution in [2.24, 2.45) is 0 Å². The zero-order valence-electron chi connectivity index (χ0n) is 7.40. The molecule has 0 amide bonds. The minimum atomic E-state index is -1.94. The molecular formula is C8H8BFO4. The van der Waals surface area contributed by atoms with Crippen LogP contribution >= 0.6 is 0 Å². The SMILES string of the molecule is COc1ccc(F)c(C=O)c1B(O)O. The molecule has 6 heteroatoms. The van der Waals surface area contributed by atoms with Crippen molar-refractivity contribution < 1.29 is 24.0 Å². The third-order valence-electron chi connectivity index (χ3n) is 1.79. The molecule has 0 saturated carbocycles. The van der Waals surface area contributed by atoms with Crippen LogP contribution in [-0.4, -0.2) is 30.6 Å². The Morgan fingerprint density at radius 3 is 2.57 bits per heavy atom. The summed E-state index contributed by atoms with van der Waals surface area (Å²) in [6.45, 7) is 0. The third-order valence-corrected chi connectivity index (χ3v) is 1.79. The van der Waals surface area contributed by atoms with E-state index in [0.29, 0.717) is 0 Å². The lowest BCUT2D eigenvalue weighted by Crippen LogP contribution is -2.35. The van der Waals surface area contributed by atoms with Crippen molar-refractivity contribution >= 4 is 18.9 Å². The molecule has 0 heterocycles. The Balaban J connectivity index is 3.43. The molecule has 0 aliphatic rings. The first-order valence-corrected chi connectivity index (χ1v) is 3.79.